The van der Waals surface area contributed by atoms with Crippen molar-refractivity contribution >= 4 is 23.6 Å². The molecule has 1 aliphatic heterocycles. The number of H-pyrrole nitrogens is 1. The quantitative estimate of drug-likeness (QED) is 0.733. The first kappa shape index (κ1) is 21.1. The lowest BCUT2D eigenvalue weighted by molar-refractivity contribution is -0.111. The van der Waals surface area contributed by atoms with E-state index in [1.54, 1.807) is 18.5 Å². The molecule has 0 radical (unpaired) electrons. The van der Waals surface area contributed by atoms with Crippen LogP contribution in [0.1, 0.15) is 32.8 Å². The fourth-order valence-corrected chi connectivity index (χ4v) is 4.04. The van der Waals surface area contributed by atoms with E-state index < -0.39 is 0 Å². The Morgan fingerprint density at radius 1 is 0.935 bits per heavy atom. The molecule has 7 nitrogen and oxygen atoms in total. The summed E-state index contributed by atoms with van der Waals surface area (Å²) in [5.74, 6) is -0.562. The molecular weight excluding hydrogens is 392 g/mol. The van der Waals surface area contributed by atoms with Crippen molar-refractivity contribution in [3.05, 3.63) is 69.2 Å². The summed E-state index contributed by atoms with van der Waals surface area (Å²) in [5.41, 5.74) is 4.29. The number of aromatic amines is 1. The van der Waals surface area contributed by atoms with Gasteiger partial charge in [0.15, 0.2) is 11.6 Å². The monoisotopic (exact) mass is 418 g/mol. The topological polar surface area (TPSA) is 85.8 Å². The van der Waals surface area contributed by atoms with Crippen molar-refractivity contribution < 1.29 is 14.4 Å². The number of likely N-dealkylation sites (N-methyl/N-ethyl adjacent to an activating group) is 1. The molecule has 0 bridgehead atoms. The predicted octanol–water partition coefficient (Wildman–Crippen LogP) is 2.15. The molecule has 2 aliphatic carbocycles. The number of hydrogen-bond acceptors (Lipinski definition) is 6. The molecule has 0 amide bonds. The van der Waals surface area contributed by atoms with Crippen molar-refractivity contribution in [1.82, 2.24) is 14.8 Å². The van der Waals surface area contributed by atoms with Crippen molar-refractivity contribution in [2.24, 2.45) is 4.99 Å². The van der Waals surface area contributed by atoms with E-state index >= 15 is 0 Å². The molecule has 3 aliphatic rings. The molecule has 0 atom stereocenters. The van der Waals surface area contributed by atoms with E-state index in [9.17, 15) is 14.4 Å². The minimum absolute atomic E-state index is 0.119. The second-order valence-corrected chi connectivity index (χ2v) is 8.54. The van der Waals surface area contributed by atoms with E-state index in [4.69, 9.17) is 0 Å². The van der Waals surface area contributed by atoms with Gasteiger partial charge in [0.2, 0.25) is 5.78 Å². The third-order valence-corrected chi connectivity index (χ3v) is 5.71. The summed E-state index contributed by atoms with van der Waals surface area (Å²) in [7, 11) is 7.88. The van der Waals surface area contributed by atoms with Crippen LogP contribution < -0.4 is 0 Å². The molecule has 0 fully saturated rings. The van der Waals surface area contributed by atoms with E-state index in [-0.39, 0.29) is 22.9 Å². The zero-order chi connectivity index (χ0) is 22.3. The number of carbonyl (C=O) groups is 3. The Morgan fingerprint density at radius 3 is 2.35 bits per heavy atom. The van der Waals surface area contributed by atoms with E-state index in [0.717, 1.165) is 24.2 Å². The number of Topliss-reactive ketones (excluding diaryl/α,β-unsaturated/α-hetero) is 1. The predicted molar refractivity (Wildman–Crippen MR) is 120 cm³/mol. The second kappa shape index (κ2) is 8.17. The van der Waals surface area contributed by atoms with Gasteiger partial charge in [0, 0.05) is 36.6 Å². The highest BCUT2D eigenvalue weighted by molar-refractivity contribution is 6.27. The smallest absolute Gasteiger partial charge is 0.210 e. The number of carbonyl (C=O) groups excluding carboxylic acids is 3. The minimum Gasteiger partial charge on any atom is -0.358 e. The van der Waals surface area contributed by atoms with Gasteiger partial charge in [0.25, 0.3) is 0 Å². The van der Waals surface area contributed by atoms with Gasteiger partial charge in [-0.15, -0.1) is 0 Å². The van der Waals surface area contributed by atoms with E-state index in [2.05, 4.69) is 9.98 Å². The van der Waals surface area contributed by atoms with Gasteiger partial charge in [0.05, 0.1) is 22.5 Å². The Balaban J connectivity index is 1.71. The van der Waals surface area contributed by atoms with Crippen LogP contribution in [0.4, 0.5) is 0 Å². The molecule has 7 heteroatoms. The lowest BCUT2D eigenvalue weighted by atomic mass is 9.84. The number of hydrogen-bond donors (Lipinski definition) is 1. The zero-order valence-electron chi connectivity index (χ0n) is 18.3. The van der Waals surface area contributed by atoms with Gasteiger partial charge in [-0.25, -0.2) is 0 Å². The highest BCUT2D eigenvalue weighted by atomic mass is 16.1. The summed E-state index contributed by atoms with van der Waals surface area (Å²) in [6.45, 7) is 1.56. The van der Waals surface area contributed by atoms with Crippen LogP contribution in [-0.2, 0) is 11.2 Å². The van der Waals surface area contributed by atoms with Crippen LogP contribution in [0.25, 0.3) is 0 Å². The third-order valence-electron chi connectivity index (χ3n) is 5.71. The van der Waals surface area contributed by atoms with Crippen LogP contribution in [0.5, 0.6) is 0 Å². The first-order valence-corrected chi connectivity index (χ1v) is 10.3. The van der Waals surface area contributed by atoms with Crippen molar-refractivity contribution in [2.75, 3.05) is 41.3 Å². The van der Waals surface area contributed by atoms with E-state index in [1.165, 1.54) is 12.2 Å². The van der Waals surface area contributed by atoms with Crippen molar-refractivity contribution in [2.45, 2.75) is 12.8 Å². The SMILES string of the molecule is CN(C)CCC1=C2C(=O)C=CC(C3=CC(=O)c4c(CCN(C)C)c[nH]c4C3=O)=C2N=C1. The maximum atomic E-state index is 13.3. The van der Waals surface area contributed by atoms with Crippen LogP contribution in [0, 0.1) is 0 Å². The van der Waals surface area contributed by atoms with E-state index in [1.807, 2.05) is 38.0 Å². The maximum absolute atomic E-state index is 13.3. The minimum atomic E-state index is -0.247. The summed E-state index contributed by atoms with van der Waals surface area (Å²) in [6.07, 6.45) is 9.27. The molecular formula is C24H26N4O3. The van der Waals surface area contributed by atoms with Gasteiger partial charge >= 0.3 is 0 Å². The summed E-state index contributed by atoms with van der Waals surface area (Å²) in [4.78, 5) is 50.4. The normalized spacial score (nSPS) is 18.0. The lowest BCUT2D eigenvalue weighted by Gasteiger charge is -2.19. The first-order valence-electron chi connectivity index (χ1n) is 10.3. The van der Waals surface area contributed by atoms with Gasteiger partial charge in [-0.2, -0.15) is 0 Å². The number of fused-ring (bicyclic) bond motifs is 2. The standard InChI is InChI=1S/C24H26N4O3/c1-27(2)9-7-14-12-25-22-16(5-6-18(29)20(14)22)17-11-19(30)21-15(8-10-28(3)4)13-26-23(21)24(17)31/h5-6,11-13,26H,7-10H2,1-4H3. The van der Waals surface area contributed by atoms with Crippen molar-refractivity contribution in [3.8, 4) is 0 Å². The molecule has 0 saturated carbocycles. The Morgan fingerprint density at radius 2 is 1.65 bits per heavy atom. The third kappa shape index (κ3) is 3.82. The molecule has 31 heavy (non-hydrogen) atoms. The first-order chi connectivity index (χ1) is 14.8. The maximum Gasteiger partial charge on any atom is 0.210 e. The number of aromatic nitrogens is 1. The molecule has 0 saturated heterocycles. The Hall–Kier alpha value is -3.16. The molecule has 2 heterocycles. The number of rotatable bonds is 7. The number of aliphatic imine (C=N–C) groups is 1. The molecule has 0 unspecified atom stereocenters. The highest BCUT2D eigenvalue weighted by Crippen LogP contribution is 2.37. The Kier molecular flexibility index (Phi) is 5.56. The Bertz CT molecular complexity index is 1140. The summed E-state index contributed by atoms with van der Waals surface area (Å²) in [6, 6.07) is 0. The summed E-state index contributed by atoms with van der Waals surface area (Å²) in [5, 5.41) is 0. The lowest BCUT2D eigenvalue weighted by Crippen LogP contribution is -2.21. The Labute approximate surface area is 181 Å². The van der Waals surface area contributed by atoms with Crippen molar-refractivity contribution in [3.63, 3.8) is 0 Å². The molecule has 4 rings (SSSR count). The molecule has 1 N–H and O–H groups in total. The highest BCUT2D eigenvalue weighted by Gasteiger charge is 2.35. The largest absolute Gasteiger partial charge is 0.358 e. The van der Waals surface area contributed by atoms with Gasteiger partial charge in [-0.3, -0.25) is 19.4 Å². The molecule has 160 valence electrons. The van der Waals surface area contributed by atoms with Gasteiger partial charge in [0.1, 0.15) is 0 Å². The van der Waals surface area contributed by atoms with Crippen LogP contribution in [0.2, 0.25) is 0 Å². The zero-order valence-corrected chi connectivity index (χ0v) is 18.3. The molecule has 0 spiro atoms. The number of nitrogens with one attached hydrogen (secondary N) is 1. The number of nitrogens with zero attached hydrogens (tertiary/aromatic N) is 3. The summed E-state index contributed by atoms with van der Waals surface area (Å²) >= 11 is 0. The van der Waals surface area contributed by atoms with Gasteiger partial charge < -0.3 is 14.8 Å². The average molecular weight is 418 g/mol. The van der Waals surface area contributed by atoms with Crippen molar-refractivity contribution in [1.29, 1.82) is 0 Å². The second-order valence-electron chi connectivity index (χ2n) is 8.54. The van der Waals surface area contributed by atoms with Gasteiger partial charge in [-0.1, -0.05) is 0 Å². The van der Waals surface area contributed by atoms with Crippen LogP contribution >= 0.6 is 0 Å². The van der Waals surface area contributed by atoms with E-state index in [0.29, 0.717) is 40.9 Å². The fourth-order valence-electron chi connectivity index (χ4n) is 4.04. The summed E-state index contributed by atoms with van der Waals surface area (Å²) < 4.78 is 0. The number of allylic oxidation sites excluding steroid dienone is 6. The average Bonchev–Trinajstić information content (AvgIpc) is 3.33. The van der Waals surface area contributed by atoms with Crippen LogP contribution in [-0.4, -0.2) is 79.6 Å². The number of ketones is 3. The van der Waals surface area contributed by atoms with Crippen LogP contribution in [0.3, 0.4) is 0 Å². The van der Waals surface area contributed by atoms with Gasteiger partial charge in [-0.05, 0) is 70.4 Å². The molecule has 0 aromatic carbocycles. The molecule has 1 aromatic heterocycles. The van der Waals surface area contributed by atoms with Crippen LogP contribution in [0.15, 0.2) is 57.4 Å². The fraction of sp³-hybridized carbons (Fsp3) is 0.333. The molecule has 1 aromatic rings.